The SMILES string of the molecule is Cc1cc(C#N)ccc1CNCCC(=O)O. The molecule has 84 valence electrons. The van der Waals surface area contributed by atoms with Crippen LogP contribution < -0.4 is 5.32 Å². The number of rotatable bonds is 5. The Balaban J connectivity index is 2.49. The van der Waals surface area contributed by atoms with E-state index >= 15 is 0 Å². The Labute approximate surface area is 94.5 Å². The van der Waals surface area contributed by atoms with Crippen molar-refractivity contribution in [1.29, 1.82) is 5.26 Å². The second kappa shape index (κ2) is 5.89. The Morgan fingerprint density at radius 1 is 1.56 bits per heavy atom. The highest BCUT2D eigenvalue weighted by molar-refractivity contribution is 5.66. The topological polar surface area (TPSA) is 73.1 Å². The minimum absolute atomic E-state index is 0.120. The van der Waals surface area contributed by atoms with E-state index in [0.717, 1.165) is 11.1 Å². The summed E-state index contributed by atoms with van der Waals surface area (Å²) >= 11 is 0. The number of benzene rings is 1. The minimum atomic E-state index is -0.802. The average molecular weight is 218 g/mol. The number of nitriles is 1. The molecule has 0 aliphatic carbocycles. The Hall–Kier alpha value is -1.86. The van der Waals surface area contributed by atoms with E-state index in [1.165, 1.54) is 0 Å². The van der Waals surface area contributed by atoms with Crippen molar-refractivity contribution in [2.24, 2.45) is 0 Å². The number of nitrogens with one attached hydrogen (secondary N) is 1. The van der Waals surface area contributed by atoms with E-state index < -0.39 is 5.97 Å². The monoisotopic (exact) mass is 218 g/mol. The summed E-state index contributed by atoms with van der Waals surface area (Å²) in [5.74, 6) is -0.802. The van der Waals surface area contributed by atoms with Gasteiger partial charge in [-0.05, 0) is 30.2 Å². The van der Waals surface area contributed by atoms with Gasteiger partial charge in [0, 0.05) is 13.1 Å². The Bertz CT molecular complexity index is 422. The van der Waals surface area contributed by atoms with Crippen LogP contribution in [0.25, 0.3) is 0 Å². The van der Waals surface area contributed by atoms with Gasteiger partial charge < -0.3 is 10.4 Å². The smallest absolute Gasteiger partial charge is 0.304 e. The fourth-order valence-electron chi connectivity index (χ4n) is 1.38. The van der Waals surface area contributed by atoms with Crippen molar-refractivity contribution in [3.8, 4) is 6.07 Å². The maximum Gasteiger partial charge on any atom is 0.304 e. The van der Waals surface area contributed by atoms with Crippen LogP contribution >= 0.6 is 0 Å². The Morgan fingerprint density at radius 2 is 2.31 bits per heavy atom. The van der Waals surface area contributed by atoms with Gasteiger partial charge in [0.25, 0.3) is 0 Å². The number of hydrogen-bond acceptors (Lipinski definition) is 3. The van der Waals surface area contributed by atoms with Crippen molar-refractivity contribution in [3.63, 3.8) is 0 Å². The van der Waals surface area contributed by atoms with Gasteiger partial charge in [-0.3, -0.25) is 4.79 Å². The van der Waals surface area contributed by atoms with Crippen molar-refractivity contribution in [2.75, 3.05) is 6.54 Å². The highest BCUT2D eigenvalue weighted by Gasteiger charge is 2.00. The van der Waals surface area contributed by atoms with Crippen molar-refractivity contribution < 1.29 is 9.90 Å². The maximum absolute atomic E-state index is 10.3. The second-order valence-corrected chi connectivity index (χ2v) is 3.57. The Morgan fingerprint density at radius 3 is 2.88 bits per heavy atom. The minimum Gasteiger partial charge on any atom is -0.481 e. The van der Waals surface area contributed by atoms with Crippen LogP contribution in [-0.2, 0) is 11.3 Å². The molecule has 0 bridgehead atoms. The molecule has 4 nitrogen and oxygen atoms in total. The lowest BCUT2D eigenvalue weighted by Crippen LogP contribution is -2.18. The average Bonchev–Trinajstić information content (AvgIpc) is 2.25. The molecule has 2 N–H and O–H groups in total. The van der Waals surface area contributed by atoms with E-state index in [2.05, 4.69) is 11.4 Å². The number of aliphatic carboxylic acids is 1. The van der Waals surface area contributed by atoms with Crippen LogP contribution in [0, 0.1) is 18.3 Å². The van der Waals surface area contributed by atoms with E-state index in [0.29, 0.717) is 18.7 Å². The lowest BCUT2D eigenvalue weighted by Gasteiger charge is -2.06. The first-order valence-electron chi connectivity index (χ1n) is 5.05. The van der Waals surface area contributed by atoms with Crippen LogP contribution in [0.3, 0.4) is 0 Å². The zero-order valence-electron chi connectivity index (χ0n) is 9.16. The van der Waals surface area contributed by atoms with E-state index in [1.54, 1.807) is 6.07 Å². The molecule has 1 aromatic carbocycles. The summed E-state index contributed by atoms with van der Waals surface area (Å²) in [7, 11) is 0. The fraction of sp³-hybridized carbons (Fsp3) is 0.333. The third-order valence-electron chi connectivity index (χ3n) is 2.30. The highest BCUT2D eigenvalue weighted by Crippen LogP contribution is 2.10. The molecular formula is C12H14N2O2. The molecular weight excluding hydrogens is 204 g/mol. The van der Waals surface area contributed by atoms with Gasteiger partial charge in [-0.15, -0.1) is 0 Å². The number of nitrogens with zero attached hydrogens (tertiary/aromatic N) is 1. The van der Waals surface area contributed by atoms with Gasteiger partial charge in [0.15, 0.2) is 0 Å². The van der Waals surface area contributed by atoms with Crippen molar-refractivity contribution >= 4 is 5.97 Å². The van der Waals surface area contributed by atoms with Crippen molar-refractivity contribution in [1.82, 2.24) is 5.32 Å². The van der Waals surface area contributed by atoms with Crippen LogP contribution in [0.5, 0.6) is 0 Å². The first kappa shape index (κ1) is 12.2. The lowest BCUT2D eigenvalue weighted by molar-refractivity contribution is -0.136. The molecule has 0 unspecified atom stereocenters. The van der Waals surface area contributed by atoms with Crippen LogP contribution in [0.15, 0.2) is 18.2 Å². The first-order chi connectivity index (χ1) is 7.63. The van der Waals surface area contributed by atoms with Crippen molar-refractivity contribution in [2.45, 2.75) is 19.9 Å². The Kier molecular flexibility index (Phi) is 4.49. The third-order valence-corrected chi connectivity index (χ3v) is 2.30. The normalized spacial score (nSPS) is 9.75. The molecule has 0 aromatic heterocycles. The summed E-state index contributed by atoms with van der Waals surface area (Å²) in [6, 6.07) is 7.56. The summed E-state index contributed by atoms with van der Waals surface area (Å²) in [5.41, 5.74) is 2.78. The molecule has 0 fully saturated rings. The summed E-state index contributed by atoms with van der Waals surface area (Å²) in [5, 5.41) is 20.2. The molecule has 0 aliphatic rings. The molecule has 0 radical (unpaired) electrons. The lowest BCUT2D eigenvalue weighted by atomic mass is 10.1. The molecule has 0 saturated carbocycles. The second-order valence-electron chi connectivity index (χ2n) is 3.57. The van der Waals surface area contributed by atoms with Crippen molar-refractivity contribution in [3.05, 3.63) is 34.9 Å². The standard InChI is InChI=1S/C12H14N2O2/c1-9-6-10(7-13)2-3-11(9)8-14-5-4-12(15)16/h2-3,6,14H,4-5,8H2,1H3,(H,15,16). The number of carbonyl (C=O) groups is 1. The molecule has 0 spiro atoms. The zero-order chi connectivity index (χ0) is 12.0. The molecule has 1 rings (SSSR count). The summed E-state index contributed by atoms with van der Waals surface area (Å²) in [6.45, 7) is 3.02. The van der Waals surface area contributed by atoms with E-state index in [1.807, 2.05) is 19.1 Å². The number of carboxylic acid groups (broad SMARTS) is 1. The molecule has 1 aromatic rings. The molecule has 0 aliphatic heterocycles. The fourth-order valence-corrected chi connectivity index (χ4v) is 1.38. The van der Waals surface area contributed by atoms with Crippen LogP contribution in [0.4, 0.5) is 0 Å². The van der Waals surface area contributed by atoms with Gasteiger partial charge >= 0.3 is 5.97 Å². The quantitative estimate of drug-likeness (QED) is 0.733. The van der Waals surface area contributed by atoms with Gasteiger partial charge in [-0.2, -0.15) is 5.26 Å². The highest BCUT2D eigenvalue weighted by atomic mass is 16.4. The molecule has 16 heavy (non-hydrogen) atoms. The van der Waals surface area contributed by atoms with Crippen LogP contribution in [0.1, 0.15) is 23.1 Å². The van der Waals surface area contributed by atoms with Gasteiger partial charge in [-0.1, -0.05) is 6.07 Å². The maximum atomic E-state index is 10.3. The predicted octanol–water partition coefficient (Wildman–Crippen LogP) is 1.43. The number of hydrogen-bond donors (Lipinski definition) is 2. The number of aryl methyl sites for hydroxylation is 1. The van der Waals surface area contributed by atoms with E-state index in [9.17, 15) is 4.79 Å². The van der Waals surface area contributed by atoms with Gasteiger partial charge in [0.05, 0.1) is 18.1 Å². The summed E-state index contributed by atoms with van der Waals surface area (Å²) in [6.07, 6.45) is 0.120. The molecule has 4 heteroatoms. The van der Waals surface area contributed by atoms with Crippen LogP contribution in [-0.4, -0.2) is 17.6 Å². The molecule has 0 amide bonds. The molecule has 0 heterocycles. The zero-order valence-corrected chi connectivity index (χ0v) is 9.16. The third kappa shape index (κ3) is 3.71. The van der Waals surface area contributed by atoms with E-state index in [-0.39, 0.29) is 6.42 Å². The van der Waals surface area contributed by atoms with E-state index in [4.69, 9.17) is 10.4 Å². The molecule has 0 atom stereocenters. The summed E-state index contributed by atoms with van der Waals surface area (Å²) in [4.78, 5) is 10.3. The predicted molar refractivity (Wildman–Crippen MR) is 59.9 cm³/mol. The largest absolute Gasteiger partial charge is 0.481 e. The van der Waals surface area contributed by atoms with Gasteiger partial charge in [-0.25, -0.2) is 0 Å². The molecule has 0 saturated heterocycles. The van der Waals surface area contributed by atoms with Gasteiger partial charge in [0.2, 0.25) is 0 Å². The first-order valence-corrected chi connectivity index (χ1v) is 5.05. The van der Waals surface area contributed by atoms with Crippen LogP contribution in [0.2, 0.25) is 0 Å². The summed E-state index contributed by atoms with van der Waals surface area (Å²) < 4.78 is 0. The number of carboxylic acids is 1. The van der Waals surface area contributed by atoms with Gasteiger partial charge in [0.1, 0.15) is 0 Å².